The molecule has 0 aliphatic heterocycles. The van der Waals surface area contributed by atoms with Gasteiger partial charge in [0.25, 0.3) is 0 Å². The molecular formula is C57H84. The van der Waals surface area contributed by atoms with Crippen LogP contribution in [0.25, 0.3) is 0 Å². The van der Waals surface area contributed by atoms with E-state index < -0.39 is 0 Å². The van der Waals surface area contributed by atoms with E-state index in [9.17, 15) is 0 Å². The normalized spacial score (nSPS) is 11.8. The molecule has 0 saturated carbocycles. The van der Waals surface area contributed by atoms with E-state index in [0.717, 1.165) is 0 Å². The zero-order valence-electron chi connectivity index (χ0n) is 40.7. The van der Waals surface area contributed by atoms with Crippen molar-refractivity contribution in [3.8, 4) is 0 Å². The SMILES string of the molecule is CCC(C)c1ccc(C)cc1.Cc1ccc(C(C)(C)C)c(C)c1.Cc1ccc(C(C)(C)C)c(C)c1.Cc1ccc(C(C)(C)C)c(C)c1.Cc1ccc(C(C)C)cc1. The van der Waals surface area contributed by atoms with Crippen LogP contribution in [0.1, 0.15) is 181 Å². The van der Waals surface area contributed by atoms with E-state index in [-0.39, 0.29) is 16.2 Å². The van der Waals surface area contributed by atoms with Crippen molar-refractivity contribution in [3.05, 3.63) is 175 Å². The van der Waals surface area contributed by atoms with Gasteiger partial charge in [0.05, 0.1) is 0 Å². The van der Waals surface area contributed by atoms with Gasteiger partial charge in [0.2, 0.25) is 0 Å². The second kappa shape index (κ2) is 22.9. The molecule has 5 rings (SSSR count). The molecule has 1 unspecified atom stereocenters. The van der Waals surface area contributed by atoms with Crippen molar-refractivity contribution in [1.29, 1.82) is 0 Å². The van der Waals surface area contributed by atoms with Crippen molar-refractivity contribution in [2.45, 2.75) is 180 Å². The highest BCUT2D eigenvalue weighted by atomic mass is 14.2. The van der Waals surface area contributed by atoms with Gasteiger partial charge in [-0.3, -0.25) is 0 Å². The molecule has 0 aromatic heterocycles. The zero-order valence-corrected chi connectivity index (χ0v) is 40.7. The van der Waals surface area contributed by atoms with Gasteiger partial charge in [0.15, 0.2) is 0 Å². The Morgan fingerprint density at radius 2 is 0.596 bits per heavy atom. The van der Waals surface area contributed by atoms with Crippen LogP contribution >= 0.6 is 0 Å². The molecule has 5 aromatic rings. The summed E-state index contributed by atoms with van der Waals surface area (Å²) in [6.07, 6.45) is 1.23. The van der Waals surface area contributed by atoms with E-state index in [1.54, 1.807) is 0 Å². The molecule has 0 saturated heterocycles. The Bertz CT molecular complexity index is 1750. The molecular weight excluding hydrogens is 685 g/mol. The molecule has 1 atom stereocenters. The van der Waals surface area contributed by atoms with Crippen LogP contribution < -0.4 is 0 Å². The first-order valence-electron chi connectivity index (χ1n) is 21.5. The van der Waals surface area contributed by atoms with Crippen LogP contribution in [0.2, 0.25) is 0 Å². The fraction of sp³-hybridized carbons (Fsp3) is 0.474. The van der Waals surface area contributed by atoms with Crippen LogP contribution in [0.5, 0.6) is 0 Å². The van der Waals surface area contributed by atoms with Gasteiger partial charge in [-0.1, -0.05) is 221 Å². The minimum absolute atomic E-state index is 0.276. The third-order valence-electron chi connectivity index (χ3n) is 10.6. The standard InChI is InChI=1S/3C12H18.C11H16.C10H14/c3*1-9-6-7-11(10(2)8-9)12(3,4)5;1-4-10(3)11-7-5-9(2)6-8-11;1-8(2)10-6-4-9(3)5-7-10/h3*6-8H,1-5H3;5-8,10H,4H2,1-3H3;4-8H,1-3H3. The molecule has 5 aromatic carbocycles. The number of hydrogen-bond acceptors (Lipinski definition) is 0. The number of rotatable bonds is 3. The summed E-state index contributed by atoms with van der Waals surface area (Å²) in [6, 6.07) is 37.6. The lowest BCUT2D eigenvalue weighted by molar-refractivity contribution is 0.585. The molecule has 0 heterocycles. The van der Waals surface area contributed by atoms with E-state index in [1.165, 1.54) is 78.7 Å². The molecule has 0 heteroatoms. The summed E-state index contributed by atoms with van der Waals surface area (Å²) in [5, 5.41) is 0. The zero-order chi connectivity index (χ0) is 43.9. The first-order chi connectivity index (χ1) is 26.2. The maximum absolute atomic E-state index is 2.27. The molecule has 0 aliphatic carbocycles. The fourth-order valence-electron chi connectivity index (χ4n) is 7.05. The average molecular weight is 769 g/mol. The smallest absolute Gasteiger partial charge is 0.0129 e. The highest BCUT2D eigenvalue weighted by Crippen LogP contribution is 2.28. The Balaban J connectivity index is 0.000000357. The Hall–Kier alpha value is -3.90. The predicted molar refractivity (Wildman–Crippen MR) is 259 cm³/mol. The lowest BCUT2D eigenvalue weighted by Crippen LogP contribution is -2.12. The topological polar surface area (TPSA) is 0 Å². The monoisotopic (exact) mass is 769 g/mol. The van der Waals surface area contributed by atoms with Crippen molar-refractivity contribution in [2.24, 2.45) is 0 Å². The highest BCUT2D eigenvalue weighted by molar-refractivity contribution is 5.37. The van der Waals surface area contributed by atoms with E-state index >= 15 is 0 Å². The Kier molecular flexibility index (Phi) is 20.5. The molecule has 0 amide bonds. The third kappa shape index (κ3) is 18.9. The first kappa shape index (κ1) is 51.1. The minimum Gasteiger partial charge on any atom is -0.0648 e. The quantitative estimate of drug-likeness (QED) is 0.171. The van der Waals surface area contributed by atoms with Crippen LogP contribution in [-0.4, -0.2) is 0 Å². The predicted octanol–water partition coefficient (Wildman–Crippen LogP) is 17.4. The van der Waals surface area contributed by atoms with Crippen molar-refractivity contribution >= 4 is 0 Å². The molecule has 0 radical (unpaired) electrons. The molecule has 312 valence electrons. The van der Waals surface area contributed by atoms with Crippen LogP contribution in [-0.2, 0) is 16.2 Å². The summed E-state index contributed by atoms with van der Waals surface area (Å²) in [5.41, 5.74) is 19.0. The maximum Gasteiger partial charge on any atom is -0.0129 e. The Labute approximate surface area is 354 Å². The number of benzene rings is 5. The van der Waals surface area contributed by atoms with Crippen LogP contribution in [0.3, 0.4) is 0 Å². The average Bonchev–Trinajstić information content (AvgIpc) is 3.08. The van der Waals surface area contributed by atoms with Crippen LogP contribution in [0, 0.1) is 55.4 Å². The van der Waals surface area contributed by atoms with Gasteiger partial charge in [-0.15, -0.1) is 0 Å². The number of aryl methyl sites for hydroxylation is 8. The maximum atomic E-state index is 2.27. The van der Waals surface area contributed by atoms with Crippen molar-refractivity contribution < 1.29 is 0 Å². The summed E-state index contributed by atoms with van der Waals surface area (Å²) in [5.74, 6) is 1.36. The largest absolute Gasteiger partial charge is 0.0648 e. The van der Waals surface area contributed by atoms with Crippen molar-refractivity contribution in [3.63, 3.8) is 0 Å². The second-order valence-electron chi connectivity index (χ2n) is 20.0. The van der Waals surface area contributed by atoms with Gasteiger partial charge in [0, 0.05) is 0 Å². The van der Waals surface area contributed by atoms with Gasteiger partial charge >= 0.3 is 0 Å². The van der Waals surface area contributed by atoms with Gasteiger partial charge in [-0.25, -0.2) is 0 Å². The van der Waals surface area contributed by atoms with E-state index in [4.69, 9.17) is 0 Å². The Morgan fingerprint density at radius 1 is 0.351 bits per heavy atom. The first-order valence-corrected chi connectivity index (χ1v) is 21.5. The van der Waals surface area contributed by atoms with Gasteiger partial charge in [-0.2, -0.15) is 0 Å². The highest BCUT2D eigenvalue weighted by Gasteiger charge is 2.17. The third-order valence-corrected chi connectivity index (χ3v) is 10.6. The van der Waals surface area contributed by atoms with E-state index in [1.807, 2.05) is 0 Å². The molecule has 0 N–H and O–H groups in total. The van der Waals surface area contributed by atoms with Gasteiger partial charge in [-0.05, 0) is 134 Å². The van der Waals surface area contributed by atoms with Crippen molar-refractivity contribution in [2.75, 3.05) is 0 Å². The number of hydrogen-bond donors (Lipinski definition) is 0. The summed E-state index contributed by atoms with van der Waals surface area (Å²) in [4.78, 5) is 0. The van der Waals surface area contributed by atoms with Gasteiger partial charge < -0.3 is 0 Å². The van der Waals surface area contributed by atoms with Crippen LogP contribution in [0.15, 0.2) is 103 Å². The molecule has 0 spiro atoms. The summed E-state index contributed by atoms with van der Waals surface area (Å²) >= 11 is 0. The molecule has 57 heavy (non-hydrogen) atoms. The lowest BCUT2D eigenvalue weighted by atomic mass is 9.84. The molecule has 0 nitrogen and oxygen atoms in total. The summed E-state index contributed by atoms with van der Waals surface area (Å²) < 4.78 is 0. The van der Waals surface area contributed by atoms with E-state index in [0.29, 0.717) is 11.8 Å². The minimum atomic E-state index is 0.276. The fourth-order valence-corrected chi connectivity index (χ4v) is 7.05. The second-order valence-corrected chi connectivity index (χ2v) is 20.0. The molecule has 0 aliphatic rings. The summed E-state index contributed by atoms with van der Waals surface area (Å²) in [7, 11) is 0. The van der Waals surface area contributed by atoms with Crippen molar-refractivity contribution in [1.82, 2.24) is 0 Å². The Morgan fingerprint density at radius 3 is 0.807 bits per heavy atom. The van der Waals surface area contributed by atoms with Crippen LogP contribution in [0.4, 0.5) is 0 Å². The molecule has 0 fully saturated rings. The van der Waals surface area contributed by atoms with E-state index in [2.05, 4.69) is 249 Å². The summed E-state index contributed by atoms with van der Waals surface area (Å²) in [6.45, 7) is 46.4. The molecule has 0 bridgehead atoms. The lowest BCUT2D eigenvalue weighted by Gasteiger charge is -2.21. The van der Waals surface area contributed by atoms with Gasteiger partial charge in [0.1, 0.15) is 0 Å².